The van der Waals surface area contributed by atoms with Gasteiger partial charge in [-0.05, 0) is 31.0 Å². The minimum Gasteiger partial charge on any atom is -0.492 e. The van der Waals surface area contributed by atoms with Crippen molar-refractivity contribution in [2.24, 2.45) is 0 Å². The molecule has 7 nitrogen and oxygen atoms in total. The zero-order valence-corrected chi connectivity index (χ0v) is 16.5. The van der Waals surface area contributed by atoms with E-state index in [1.54, 1.807) is 17.7 Å². The summed E-state index contributed by atoms with van der Waals surface area (Å²) in [5.41, 5.74) is 4.13. The Balaban J connectivity index is 1.59. The van der Waals surface area contributed by atoms with E-state index in [0.717, 1.165) is 51.8 Å². The molecular weight excluding hydrogens is 372 g/mol. The molecule has 0 aliphatic carbocycles. The van der Waals surface area contributed by atoms with E-state index in [-0.39, 0.29) is 0 Å². The molecule has 142 valence electrons. The van der Waals surface area contributed by atoms with E-state index in [1.165, 1.54) is 4.88 Å². The third-order valence-corrected chi connectivity index (χ3v) is 6.29. The highest BCUT2D eigenvalue weighted by atomic mass is 32.1. The predicted octanol–water partition coefficient (Wildman–Crippen LogP) is 4.36. The van der Waals surface area contributed by atoms with Crippen LogP contribution in [0.5, 0.6) is 5.75 Å². The lowest BCUT2D eigenvalue weighted by atomic mass is 10.0. The van der Waals surface area contributed by atoms with Crippen molar-refractivity contribution in [1.82, 2.24) is 29.9 Å². The fourth-order valence-corrected chi connectivity index (χ4v) is 4.47. The summed E-state index contributed by atoms with van der Waals surface area (Å²) in [4.78, 5) is 6.19. The summed E-state index contributed by atoms with van der Waals surface area (Å²) in [5, 5.41) is 16.3. The quantitative estimate of drug-likeness (QED) is 0.558. The summed E-state index contributed by atoms with van der Waals surface area (Å²) in [6.07, 6.45) is 7.34. The van der Waals surface area contributed by atoms with Crippen molar-refractivity contribution in [3.63, 3.8) is 0 Å². The minimum absolute atomic E-state index is 0.335. The number of ether oxygens (including phenoxy) is 1. The van der Waals surface area contributed by atoms with Crippen LogP contribution >= 0.6 is 11.3 Å². The number of rotatable bonds is 4. The van der Waals surface area contributed by atoms with Crippen molar-refractivity contribution in [3.8, 4) is 39.0 Å². The molecule has 0 unspecified atom stereocenters. The van der Waals surface area contributed by atoms with Crippen LogP contribution in [0, 0.1) is 0 Å². The van der Waals surface area contributed by atoms with Gasteiger partial charge in [-0.1, -0.05) is 13.0 Å². The Morgan fingerprint density at radius 1 is 1.32 bits per heavy atom. The number of hydrogen-bond donors (Lipinski definition) is 1. The highest BCUT2D eigenvalue weighted by Gasteiger charge is 2.24. The Kier molecular flexibility index (Phi) is 4.20. The molecule has 0 saturated heterocycles. The maximum absolute atomic E-state index is 6.04. The molecular formula is C20H20N6OS. The van der Waals surface area contributed by atoms with Gasteiger partial charge in [0.1, 0.15) is 12.1 Å². The van der Waals surface area contributed by atoms with Gasteiger partial charge < -0.3 is 9.30 Å². The summed E-state index contributed by atoms with van der Waals surface area (Å²) in [6.45, 7) is 4.97. The van der Waals surface area contributed by atoms with Gasteiger partial charge >= 0.3 is 0 Å². The molecule has 28 heavy (non-hydrogen) atoms. The second-order valence-electron chi connectivity index (χ2n) is 6.91. The molecule has 0 radical (unpaired) electrons. The lowest BCUT2D eigenvalue weighted by Crippen LogP contribution is -2.04. The van der Waals surface area contributed by atoms with Crippen LogP contribution in [0.15, 0.2) is 36.9 Å². The van der Waals surface area contributed by atoms with Gasteiger partial charge in [-0.2, -0.15) is 5.10 Å². The molecule has 8 heteroatoms. The first-order valence-electron chi connectivity index (χ1n) is 9.40. The van der Waals surface area contributed by atoms with Crippen LogP contribution in [0.2, 0.25) is 0 Å². The van der Waals surface area contributed by atoms with Gasteiger partial charge in [0.2, 0.25) is 0 Å². The summed E-state index contributed by atoms with van der Waals surface area (Å²) in [7, 11) is 0. The molecule has 0 saturated carbocycles. The van der Waals surface area contributed by atoms with Gasteiger partial charge in [-0.25, -0.2) is 4.98 Å². The van der Waals surface area contributed by atoms with Crippen LogP contribution < -0.4 is 4.74 Å². The van der Waals surface area contributed by atoms with E-state index in [4.69, 9.17) is 9.72 Å². The SMILES string of the molecule is CC[C@H](C)n1cnnc1-c1nc2c(s1)CCOc1cc(-c3cn[nH]c3)ccc1-2. The normalized spacial score (nSPS) is 14.1. The number of benzene rings is 1. The first-order valence-corrected chi connectivity index (χ1v) is 10.2. The Labute approximate surface area is 166 Å². The molecule has 0 bridgehead atoms. The van der Waals surface area contributed by atoms with E-state index in [1.807, 2.05) is 12.4 Å². The number of aromatic nitrogens is 6. The average molecular weight is 392 g/mol. The van der Waals surface area contributed by atoms with Crippen LogP contribution in [0.4, 0.5) is 0 Å². The smallest absolute Gasteiger partial charge is 0.193 e. The van der Waals surface area contributed by atoms with E-state index in [9.17, 15) is 0 Å². The first kappa shape index (κ1) is 17.1. The predicted molar refractivity (Wildman–Crippen MR) is 108 cm³/mol. The summed E-state index contributed by atoms with van der Waals surface area (Å²) in [6, 6.07) is 6.57. The fraction of sp³-hybridized carbons (Fsp3) is 0.300. The van der Waals surface area contributed by atoms with E-state index >= 15 is 0 Å². The molecule has 1 N–H and O–H groups in total. The molecule has 4 aromatic rings. The Bertz CT molecular complexity index is 1110. The molecule has 0 fully saturated rings. The van der Waals surface area contributed by atoms with E-state index < -0.39 is 0 Å². The number of nitrogens with one attached hydrogen (secondary N) is 1. The van der Waals surface area contributed by atoms with Gasteiger partial charge in [0.15, 0.2) is 10.8 Å². The second kappa shape index (κ2) is 6.87. The highest BCUT2D eigenvalue weighted by Crippen LogP contribution is 2.41. The Morgan fingerprint density at radius 2 is 2.25 bits per heavy atom. The average Bonchev–Trinajstić information content (AvgIpc) is 3.46. The number of nitrogens with zero attached hydrogens (tertiary/aromatic N) is 5. The first-order chi connectivity index (χ1) is 13.7. The summed E-state index contributed by atoms with van der Waals surface area (Å²) < 4.78 is 8.15. The maximum Gasteiger partial charge on any atom is 0.193 e. The van der Waals surface area contributed by atoms with Crippen molar-refractivity contribution in [2.75, 3.05) is 6.61 Å². The van der Waals surface area contributed by atoms with Crippen LogP contribution in [-0.4, -0.2) is 36.6 Å². The fourth-order valence-electron chi connectivity index (χ4n) is 3.42. The lowest BCUT2D eigenvalue weighted by Gasteiger charge is -2.11. The molecule has 1 aliphatic rings. The van der Waals surface area contributed by atoms with Gasteiger partial charge in [-0.3, -0.25) is 5.10 Å². The van der Waals surface area contributed by atoms with Gasteiger partial charge in [0.05, 0.1) is 18.5 Å². The molecule has 3 aromatic heterocycles. The second-order valence-corrected chi connectivity index (χ2v) is 7.99. The van der Waals surface area contributed by atoms with E-state index in [0.29, 0.717) is 12.6 Å². The van der Waals surface area contributed by atoms with Crippen molar-refractivity contribution in [3.05, 3.63) is 41.8 Å². The maximum atomic E-state index is 6.04. The molecule has 0 spiro atoms. The van der Waals surface area contributed by atoms with Crippen molar-refractivity contribution in [1.29, 1.82) is 0 Å². The van der Waals surface area contributed by atoms with Crippen LogP contribution in [0.3, 0.4) is 0 Å². The van der Waals surface area contributed by atoms with Crippen molar-refractivity contribution in [2.45, 2.75) is 32.7 Å². The topological polar surface area (TPSA) is 81.5 Å². The number of thiazole rings is 1. The van der Waals surface area contributed by atoms with Crippen molar-refractivity contribution >= 4 is 11.3 Å². The van der Waals surface area contributed by atoms with Gasteiger partial charge in [-0.15, -0.1) is 21.5 Å². The molecule has 5 rings (SSSR count). The number of H-pyrrole nitrogens is 1. The highest BCUT2D eigenvalue weighted by molar-refractivity contribution is 7.15. The monoisotopic (exact) mass is 392 g/mol. The largest absolute Gasteiger partial charge is 0.492 e. The lowest BCUT2D eigenvalue weighted by molar-refractivity contribution is 0.327. The molecule has 1 atom stereocenters. The molecule has 1 aromatic carbocycles. The zero-order valence-electron chi connectivity index (χ0n) is 15.7. The number of hydrogen-bond acceptors (Lipinski definition) is 6. The standard InChI is InChI=1S/C20H20N6OS/c1-3-12(2)26-11-23-25-19(26)20-24-18-15-5-4-13(14-9-21-22-10-14)8-16(15)27-7-6-17(18)28-20/h4-5,8-12H,3,6-7H2,1-2H3,(H,21,22)/t12-/m0/s1. The summed E-state index contributed by atoms with van der Waals surface area (Å²) >= 11 is 1.68. The summed E-state index contributed by atoms with van der Waals surface area (Å²) in [5.74, 6) is 1.70. The molecule has 0 amide bonds. The minimum atomic E-state index is 0.335. The van der Waals surface area contributed by atoms with Crippen LogP contribution in [0.25, 0.3) is 33.2 Å². The molecule has 1 aliphatic heterocycles. The molecule has 4 heterocycles. The third-order valence-electron chi connectivity index (χ3n) is 5.18. The van der Waals surface area contributed by atoms with Gasteiger partial charge in [0, 0.05) is 34.7 Å². The van der Waals surface area contributed by atoms with Crippen molar-refractivity contribution < 1.29 is 4.74 Å². The Hall–Kier alpha value is -3.00. The van der Waals surface area contributed by atoms with Crippen LogP contribution in [-0.2, 0) is 6.42 Å². The number of aromatic amines is 1. The van der Waals surface area contributed by atoms with Gasteiger partial charge in [0.25, 0.3) is 0 Å². The zero-order chi connectivity index (χ0) is 19.1. The van der Waals surface area contributed by atoms with Crippen LogP contribution in [0.1, 0.15) is 31.2 Å². The number of fused-ring (bicyclic) bond motifs is 3. The third kappa shape index (κ3) is 2.80. The van der Waals surface area contributed by atoms with E-state index in [2.05, 4.69) is 57.0 Å². The Morgan fingerprint density at radius 3 is 3.07 bits per heavy atom.